The van der Waals surface area contributed by atoms with Crippen molar-refractivity contribution in [2.45, 2.75) is 0 Å². The second kappa shape index (κ2) is 5.77. The maximum absolute atomic E-state index is 12.7. The average Bonchev–Trinajstić information content (AvgIpc) is 2.40. The molecule has 0 radical (unpaired) electrons. The van der Waals surface area contributed by atoms with Gasteiger partial charge in [-0.2, -0.15) is 0 Å². The third-order valence-electron chi connectivity index (χ3n) is 2.39. The van der Waals surface area contributed by atoms with E-state index < -0.39 is 0 Å². The van der Waals surface area contributed by atoms with Crippen molar-refractivity contribution in [1.29, 1.82) is 0 Å². The molecule has 2 aromatic rings. The van der Waals surface area contributed by atoms with Crippen LogP contribution >= 0.6 is 0 Å². The van der Waals surface area contributed by atoms with E-state index in [-0.39, 0.29) is 11.6 Å². The van der Waals surface area contributed by atoms with Gasteiger partial charge in [-0.15, -0.1) is 0 Å². The monoisotopic (exact) mass is 241 g/mol. The van der Waals surface area contributed by atoms with Crippen LogP contribution in [0.25, 0.3) is 0 Å². The van der Waals surface area contributed by atoms with Crippen LogP contribution in [-0.2, 0) is 0 Å². The quantitative estimate of drug-likeness (QED) is 0.654. The zero-order valence-corrected chi connectivity index (χ0v) is 9.64. The minimum Gasteiger partial charge on any atom is -0.362 e. The van der Waals surface area contributed by atoms with E-state index in [1.807, 2.05) is 30.3 Å². The van der Waals surface area contributed by atoms with E-state index in [0.29, 0.717) is 5.56 Å². The van der Waals surface area contributed by atoms with Gasteiger partial charge in [0, 0.05) is 23.5 Å². The molecule has 0 aliphatic carbocycles. The Kier molecular flexibility index (Phi) is 3.86. The summed E-state index contributed by atoms with van der Waals surface area (Å²) in [5.41, 5.74) is 1.36. The molecular weight excluding hydrogens is 229 g/mol. The van der Waals surface area contributed by atoms with Gasteiger partial charge in [0.05, 0.1) is 0 Å². The molecule has 2 aromatic carbocycles. The normalized spacial score (nSPS) is 10.5. The molecule has 0 saturated heterocycles. The number of rotatable bonds is 4. The molecule has 18 heavy (non-hydrogen) atoms. The summed E-state index contributed by atoms with van der Waals surface area (Å²) in [5.74, 6) is -0.517. The van der Waals surface area contributed by atoms with Gasteiger partial charge in [0.2, 0.25) is 0 Å². The predicted octanol–water partition coefficient (Wildman–Crippen LogP) is 3.63. The molecule has 0 spiro atoms. The van der Waals surface area contributed by atoms with Crippen molar-refractivity contribution in [3.63, 3.8) is 0 Å². The van der Waals surface area contributed by atoms with Crippen molar-refractivity contribution in [2.75, 3.05) is 5.32 Å². The first-order valence-corrected chi connectivity index (χ1v) is 5.54. The molecule has 90 valence electrons. The first-order chi connectivity index (χ1) is 8.75. The largest absolute Gasteiger partial charge is 0.362 e. The highest BCUT2D eigenvalue weighted by Gasteiger charge is 2.00. The van der Waals surface area contributed by atoms with Gasteiger partial charge in [-0.1, -0.05) is 18.2 Å². The lowest BCUT2D eigenvalue weighted by molar-refractivity contribution is 0.104. The van der Waals surface area contributed by atoms with E-state index in [0.717, 1.165) is 5.69 Å². The van der Waals surface area contributed by atoms with Crippen LogP contribution in [0.4, 0.5) is 10.1 Å². The molecule has 3 heteroatoms. The Bertz CT molecular complexity index is 546. The highest BCUT2D eigenvalue weighted by molar-refractivity contribution is 6.04. The van der Waals surface area contributed by atoms with Crippen molar-refractivity contribution in [1.82, 2.24) is 0 Å². The highest BCUT2D eigenvalue weighted by Crippen LogP contribution is 2.06. The second-order valence-corrected chi connectivity index (χ2v) is 3.71. The predicted molar refractivity (Wildman–Crippen MR) is 69.9 cm³/mol. The van der Waals surface area contributed by atoms with Crippen LogP contribution in [0.2, 0.25) is 0 Å². The van der Waals surface area contributed by atoms with Gasteiger partial charge >= 0.3 is 0 Å². The van der Waals surface area contributed by atoms with Crippen molar-refractivity contribution in [2.24, 2.45) is 0 Å². The van der Waals surface area contributed by atoms with Crippen LogP contribution in [0.15, 0.2) is 66.9 Å². The van der Waals surface area contributed by atoms with Gasteiger partial charge in [0.1, 0.15) is 5.82 Å². The minimum absolute atomic E-state index is 0.168. The summed E-state index contributed by atoms with van der Waals surface area (Å²) in [6.45, 7) is 0. The fraction of sp³-hybridized carbons (Fsp3) is 0. The number of hydrogen-bond donors (Lipinski definition) is 1. The number of ketones is 1. The smallest absolute Gasteiger partial charge is 0.187 e. The van der Waals surface area contributed by atoms with Crippen molar-refractivity contribution in [3.05, 3.63) is 78.3 Å². The Balaban J connectivity index is 1.97. The van der Waals surface area contributed by atoms with Gasteiger partial charge in [-0.25, -0.2) is 4.39 Å². The van der Waals surface area contributed by atoms with Gasteiger partial charge in [-0.3, -0.25) is 4.79 Å². The summed E-state index contributed by atoms with van der Waals surface area (Å²) < 4.78 is 12.7. The van der Waals surface area contributed by atoms with Gasteiger partial charge in [0.25, 0.3) is 0 Å². The molecule has 2 nitrogen and oxygen atoms in total. The van der Waals surface area contributed by atoms with Crippen molar-refractivity contribution >= 4 is 11.5 Å². The standard InChI is InChI=1S/C15H12FNO/c16-13-8-6-12(7-9-13)15(18)10-11-17-14-4-2-1-3-5-14/h1-11,17H. The molecule has 0 bridgehead atoms. The number of anilines is 1. The Hall–Kier alpha value is -2.42. The number of carbonyl (C=O) groups is 1. The number of halogens is 1. The van der Waals surface area contributed by atoms with Gasteiger partial charge in [-0.05, 0) is 36.4 Å². The van der Waals surface area contributed by atoms with Gasteiger partial charge in [0.15, 0.2) is 5.78 Å². The zero-order valence-electron chi connectivity index (χ0n) is 9.64. The summed E-state index contributed by atoms with van der Waals surface area (Å²) >= 11 is 0. The van der Waals surface area contributed by atoms with E-state index in [2.05, 4.69) is 5.32 Å². The van der Waals surface area contributed by atoms with Crippen LogP contribution in [0.1, 0.15) is 10.4 Å². The molecule has 0 unspecified atom stereocenters. The Morgan fingerprint density at radius 2 is 1.67 bits per heavy atom. The minimum atomic E-state index is -0.349. The van der Waals surface area contributed by atoms with Crippen LogP contribution in [0, 0.1) is 5.82 Å². The fourth-order valence-corrected chi connectivity index (χ4v) is 1.46. The third kappa shape index (κ3) is 3.28. The maximum atomic E-state index is 12.7. The first kappa shape index (κ1) is 12.0. The molecule has 0 atom stereocenters. The summed E-state index contributed by atoms with van der Waals surface area (Å²) in [7, 11) is 0. The summed E-state index contributed by atoms with van der Waals surface area (Å²) in [6.07, 6.45) is 2.99. The maximum Gasteiger partial charge on any atom is 0.187 e. The number of para-hydroxylation sites is 1. The number of allylic oxidation sites excluding steroid dienone is 1. The number of hydrogen-bond acceptors (Lipinski definition) is 2. The molecule has 0 aromatic heterocycles. The SMILES string of the molecule is O=C(C=CNc1ccccc1)c1ccc(F)cc1. The molecule has 1 N–H and O–H groups in total. The van der Waals surface area contributed by atoms with E-state index >= 15 is 0 Å². The fourth-order valence-electron chi connectivity index (χ4n) is 1.46. The molecule has 0 amide bonds. The molecule has 0 saturated carbocycles. The van der Waals surface area contributed by atoms with Gasteiger partial charge < -0.3 is 5.32 Å². The Morgan fingerprint density at radius 3 is 2.33 bits per heavy atom. The van der Waals surface area contributed by atoms with Crippen molar-refractivity contribution < 1.29 is 9.18 Å². The third-order valence-corrected chi connectivity index (χ3v) is 2.39. The van der Waals surface area contributed by atoms with E-state index in [9.17, 15) is 9.18 Å². The Morgan fingerprint density at radius 1 is 1.00 bits per heavy atom. The molecule has 2 rings (SSSR count). The van der Waals surface area contributed by atoms with Crippen molar-refractivity contribution in [3.8, 4) is 0 Å². The van der Waals surface area contributed by atoms with Crippen LogP contribution in [-0.4, -0.2) is 5.78 Å². The van der Waals surface area contributed by atoms with E-state index in [4.69, 9.17) is 0 Å². The number of carbonyl (C=O) groups excluding carboxylic acids is 1. The molecule has 0 aliphatic heterocycles. The molecule has 0 fully saturated rings. The number of nitrogens with one attached hydrogen (secondary N) is 1. The highest BCUT2D eigenvalue weighted by atomic mass is 19.1. The van der Waals surface area contributed by atoms with Crippen LogP contribution in [0.3, 0.4) is 0 Å². The number of benzene rings is 2. The second-order valence-electron chi connectivity index (χ2n) is 3.71. The summed E-state index contributed by atoms with van der Waals surface area (Å²) in [4.78, 5) is 11.7. The molecule has 0 heterocycles. The summed E-state index contributed by atoms with van der Waals surface area (Å²) in [5, 5.41) is 2.98. The van der Waals surface area contributed by atoms with Crippen LogP contribution in [0.5, 0.6) is 0 Å². The zero-order chi connectivity index (χ0) is 12.8. The lowest BCUT2D eigenvalue weighted by Crippen LogP contribution is -1.96. The Labute approximate surface area is 105 Å². The first-order valence-electron chi connectivity index (χ1n) is 5.54. The van der Waals surface area contributed by atoms with E-state index in [1.54, 1.807) is 6.20 Å². The lowest BCUT2D eigenvalue weighted by atomic mass is 10.1. The van der Waals surface area contributed by atoms with E-state index in [1.165, 1.54) is 30.3 Å². The van der Waals surface area contributed by atoms with Crippen LogP contribution < -0.4 is 5.32 Å². The molecular formula is C15H12FNO. The average molecular weight is 241 g/mol. The topological polar surface area (TPSA) is 29.1 Å². The lowest BCUT2D eigenvalue weighted by Gasteiger charge is -1.99. The molecule has 0 aliphatic rings. The summed E-state index contributed by atoms with van der Waals surface area (Å²) in [6, 6.07) is 15.0.